The van der Waals surface area contributed by atoms with Crippen molar-refractivity contribution in [3.8, 4) is 0 Å². The van der Waals surface area contributed by atoms with Gasteiger partial charge in [-0.05, 0) is 55.7 Å². The van der Waals surface area contributed by atoms with Gasteiger partial charge in [0.2, 0.25) is 5.91 Å². The Bertz CT molecular complexity index is 892. The van der Waals surface area contributed by atoms with Gasteiger partial charge in [-0.25, -0.2) is 4.79 Å². The van der Waals surface area contributed by atoms with Gasteiger partial charge >= 0.3 is 5.97 Å². The third-order valence-corrected chi connectivity index (χ3v) is 7.05. The molecule has 1 aromatic carbocycles. The lowest BCUT2D eigenvalue weighted by molar-refractivity contribution is -0.128. The van der Waals surface area contributed by atoms with Gasteiger partial charge in [0, 0.05) is 17.8 Å². The van der Waals surface area contributed by atoms with Crippen molar-refractivity contribution in [3.63, 3.8) is 0 Å². The predicted molar refractivity (Wildman–Crippen MR) is 123 cm³/mol. The highest BCUT2D eigenvalue weighted by Crippen LogP contribution is 2.23. The number of aliphatic hydroxyl groups is 1. The summed E-state index contributed by atoms with van der Waals surface area (Å²) in [7, 11) is 0. The summed E-state index contributed by atoms with van der Waals surface area (Å²) in [5.41, 5.74) is 1.28. The summed E-state index contributed by atoms with van der Waals surface area (Å²) in [6.45, 7) is 2.70. The summed E-state index contributed by atoms with van der Waals surface area (Å²) in [6, 6.07) is 13.8. The largest absolute Gasteiger partial charge is 0.477 e. The molecule has 1 aliphatic heterocycles. The van der Waals surface area contributed by atoms with Crippen molar-refractivity contribution in [2.24, 2.45) is 5.92 Å². The van der Waals surface area contributed by atoms with E-state index in [1.54, 1.807) is 6.07 Å². The normalized spacial score (nSPS) is 18.6. The molecule has 0 aliphatic carbocycles. The number of nitrogens with zero attached hydrogens (tertiary/aromatic N) is 1. The number of aromatic carboxylic acids is 1. The highest BCUT2D eigenvalue weighted by atomic mass is 32.1. The van der Waals surface area contributed by atoms with E-state index in [1.165, 1.54) is 16.9 Å². The summed E-state index contributed by atoms with van der Waals surface area (Å²) < 4.78 is 0. The summed E-state index contributed by atoms with van der Waals surface area (Å²) in [5, 5.41) is 19.6. The smallest absolute Gasteiger partial charge is 0.345 e. The van der Waals surface area contributed by atoms with E-state index in [4.69, 9.17) is 5.11 Å². The van der Waals surface area contributed by atoms with Gasteiger partial charge in [0.25, 0.3) is 0 Å². The molecule has 6 heteroatoms. The average molecular weight is 442 g/mol. The second kappa shape index (κ2) is 11.3. The molecular formula is C25H31NO4S. The van der Waals surface area contributed by atoms with Gasteiger partial charge in [-0.1, -0.05) is 49.4 Å². The maximum absolute atomic E-state index is 12.3. The number of hydrogen-bond acceptors (Lipinski definition) is 4. The molecule has 0 radical (unpaired) electrons. The molecular weight excluding hydrogens is 410 g/mol. The molecule has 3 atom stereocenters. The van der Waals surface area contributed by atoms with Gasteiger partial charge < -0.3 is 15.1 Å². The SMILES string of the molecule is CC(CCc1ccccc1)C(O)/C=C/C1CCC(=O)N1CCCc1ccc(C(=O)O)s1. The third-order valence-electron chi connectivity index (χ3n) is 5.91. The number of aryl methyl sites for hydroxylation is 2. The maximum Gasteiger partial charge on any atom is 0.345 e. The van der Waals surface area contributed by atoms with Crippen LogP contribution in [-0.2, 0) is 17.6 Å². The van der Waals surface area contributed by atoms with E-state index < -0.39 is 12.1 Å². The summed E-state index contributed by atoms with van der Waals surface area (Å²) in [4.78, 5) is 26.6. The minimum Gasteiger partial charge on any atom is -0.477 e. The first-order chi connectivity index (χ1) is 14.9. The first-order valence-electron chi connectivity index (χ1n) is 11.0. The zero-order valence-electron chi connectivity index (χ0n) is 17.9. The van der Waals surface area contributed by atoms with Crippen molar-refractivity contribution in [2.45, 2.75) is 57.6 Å². The van der Waals surface area contributed by atoms with Crippen LogP contribution in [0.15, 0.2) is 54.6 Å². The van der Waals surface area contributed by atoms with Crippen LogP contribution in [-0.4, -0.2) is 45.7 Å². The lowest BCUT2D eigenvalue weighted by atomic mass is 9.95. The highest BCUT2D eigenvalue weighted by Gasteiger charge is 2.28. The monoisotopic (exact) mass is 441 g/mol. The Balaban J connectivity index is 1.46. The average Bonchev–Trinajstić information content (AvgIpc) is 3.38. The number of likely N-dealkylation sites (tertiary alicyclic amines) is 1. The minimum absolute atomic E-state index is 0.0291. The number of carbonyl (C=O) groups excluding carboxylic acids is 1. The summed E-state index contributed by atoms with van der Waals surface area (Å²) >= 11 is 1.30. The maximum atomic E-state index is 12.3. The van der Waals surface area contributed by atoms with Crippen LogP contribution in [0.5, 0.6) is 0 Å². The molecule has 5 nitrogen and oxygen atoms in total. The third kappa shape index (κ3) is 6.77. The van der Waals surface area contributed by atoms with Gasteiger partial charge in [-0.2, -0.15) is 0 Å². The first-order valence-corrected chi connectivity index (χ1v) is 11.8. The van der Waals surface area contributed by atoms with Crippen LogP contribution in [0.25, 0.3) is 0 Å². The molecule has 0 bridgehead atoms. The van der Waals surface area contributed by atoms with Crippen LogP contribution in [0, 0.1) is 5.92 Å². The number of aliphatic hydroxyl groups excluding tert-OH is 1. The second-order valence-corrected chi connectivity index (χ2v) is 9.41. The molecule has 0 spiro atoms. The standard InChI is InChI=1S/C25H31NO4S/c1-18(9-10-19-6-3-2-4-7-19)22(27)14-11-20-12-16-24(28)26(20)17-5-8-21-13-15-23(31-21)25(29)30/h2-4,6-7,11,13-15,18,20,22,27H,5,8-10,12,16-17H2,1H3,(H,29,30)/b14-11+. The van der Waals surface area contributed by atoms with E-state index in [0.717, 1.165) is 37.0 Å². The Morgan fingerprint density at radius 1 is 1.23 bits per heavy atom. The number of rotatable bonds is 11. The number of thiophene rings is 1. The van der Waals surface area contributed by atoms with Crippen LogP contribution in [0.3, 0.4) is 0 Å². The van der Waals surface area contributed by atoms with E-state index in [9.17, 15) is 14.7 Å². The fourth-order valence-electron chi connectivity index (χ4n) is 3.94. The highest BCUT2D eigenvalue weighted by molar-refractivity contribution is 7.13. The van der Waals surface area contributed by atoms with E-state index >= 15 is 0 Å². The molecule has 31 heavy (non-hydrogen) atoms. The van der Waals surface area contributed by atoms with Gasteiger partial charge in [-0.3, -0.25) is 4.79 Å². The molecule has 1 amide bonds. The van der Waals surface area contributed by atoms with E-state index in [0.29, 0.717) is 17.8 Å². The van der Waals surface area contributed by atoms with Crippen molar-refractivity contribution >= 4 is 23.2 Å². The fourth-order valence-corrected chi connectivity index (χ4v) is 4.83. The molecule has 2 aromatic rings. The Morgan fingerprint density at radius 3 is 2.71 bits per heavy atom. The Hall–Kier alpha value is -2.44. The number of carboxylic acid groups (broad SMARTS) is 1. The Labute approximate surface area is 188 Å². The van der Waals surface area contributed by atoms with Crippen LogP contribution in [0.4, 0.5) is 0 Å². The van der Waals surface area contributed by atoms with Crippen LogP contribution < -0.4 is 0 Å². The molecule has 1 fully saturated rings. The quantitative estimate of drug-likeness (QED) is 0.501. The van der Waals surface area contributed by atoms with Crippen molar-refractivity contribution in [2.75, 3.05) is 6.54 Å². The molecule has 3 unspecified atom stereocenters. The number of hydrogen-bond donors (Lipinski definition) is 2. The number of amides is 1. The molecule has 166 valence electrons. The first kappa shape index (κ1) is 23.2. The van der Waals surface area contributed by atoms with Crippen LogP contribution in [0.2, 0.25) is 0 Å². The summed E-state index contributed by atoms with van der Waals surface area (Å²) in [6.07, 6.45) is 8.03. The summed E-state index contributed by atoms with van der Waals surface area (Å²) in [5.74, 6) is -0.601. The van der Waals surface area contributed by atoms with E-state index in [-0.39, 0.29) is 17.9 Å². The van der Waals surface area contributed by atoms with Crippen molar-refractivity contribution < 1.29 is 19.8 Å². The molecule has 3 rings (SSSR count). The molecule has 0 saturated carbocycles. The molecule has 1 aromatic heterocycles. The van der Waals surface area contributed by atoms with Crippen LogP contribution in [0.1, 0.15) is 52.7 Å². The molecule has 2 N–H and O–H groups in total. The van der Waals surface area contributed by atoms with Crippen LogP contribution >= 0.6 is 11.3 Å². The van der Waals surface area contributed by atoms with Crippen molar-refractivity contribution in [3.05, 3.63) is 69.9 Å². The lowest BCUT2D eigenvalue weighted by Gasteiger charge is -2.23. The molecule has 1 aliphatic rings. The van der Waals surface area contributed by atoms with Crippen molar-refractivity contribution in [1.29, 1.82) is 0 Å². The Morgan fingerprint density at radius 2 is 2.00 bits per heavy atom. The van der Waals surface area contributed by atoms with Gasteiger partial charge in [0.05, 0.1) is 12.1 Å². The van der Waals surface area contributed by atoms with Crippen molar-refractivity contribution in [1.82, 2.24) is 4.90 Å². The second-order valence-electron chi connectivity index (χ2n) is 8.24. The van der Waals surface area contributed by atoms with E-state index in [2.05, 4.69) is 19.1 Å². The van der Waals surface area contributed by atoms with Gasteiger partial charge in [0.1, 0.15) is 4.88 Å². The minimum atomic E-state index is -0.896. The number of carbonyl (C=O) groups is 2. The topological polar surface area (TPSA) is 77.8 Å². The lowest BCUT2D eigenvalue weighted by Crippen LogP contribution is -2.33. The zero-order chi connectivity index (χ0) is 22.2. The van der Waals surface area contributed by atoms with Gasteiger partial charge in [-0.15, -0.1) is 11.3 Å². The molecule has 2 heterocycles. The van der Waals surface area contributed by atoms with E-state index in [1.807, 2.05) is 41.3 Å². The molecule has 1 saturated heterocycles. The fraction of sp³-hybridized carbons (Fsp3) is 0.440. The number of carboxylic acids is 1. The number of benzene rings is 1. The Kier molecular flexibility index (Phi) is 8.43. The van der Waals surface area contributed by atoms with Gasteiger partial charge in [0.15, 0.2) is 0 Å². The predicted octanol–water partition coefficient (Wildman–Crippen LogP) is 4.56. The zero-order valence-corrected chi connectivity index (χ0v) is 18.8.